The highest BCUT2D eigenvalue weighted by atomic mass is 32.2. The number of halogens is 3. The third kappa shape index (κ3) is 8.44. The largest absolute Gasteiger partial charge is 0.598 e. The summed E-state index contributed by atoms with van der Waals surface area (Å²) in [6.45, 7) is 5.41. The number of carbonyl (C=O) groups is 1. The molecule has 0 saturated carbocycles. The molecule has 43 heavy (non-hydrogen) atoms. The Morgan fingerprint density at radius 2 is 1.70 bits per heavy atom. The summed E-state index contributed by atoms with van der Waals surface area (Å²) in [5, 5.41) is 0. The lowest BCUT2D eigenvalue weighted by molar-refractivity contribution is 0.106. The second kappa shape index (κ2) is 13.8. The molecule has 0 aromatic heterocycles. The number of carbonyl (C=O) groups excluding carboxylic acids is 1. The van der Waals surface area contributed by atoms with Crippen LogP contribution in [0.5, 0.6) is 0 Å². The van der Waals surface area contributed by atoms with Crippen LogP contribution in [0.25, 0.3) is 0 Å². The lowest BCUT2D eigenvalue weighted by Crippen LogP contribution is -2.54. The molecule has 4 atom stereocenters. The van der Waals surface area contributed by atoms with Crippen molar-refractivity contribution in [1.82, 2.24) is 13.9 Å². The molecule has 2 aliphatic heterocycles. The first-order valence-corrected chi connectivity index (χ1v) is 17.2. The first-order chi connectivity index (χ1) is 20.2. The van der Waals surface area contributed by atoms with Gasteiger partial charge in [-0.15, -0.1) is 4.72 Å². The van der Waals surface area contributed by atoms with Crippen molar-refractivity contribution in [1.29, 1.82) is 0 Å². The Bertz CT molecular complexity index is 1360. The van der Waals surface area contributed by atoms with Crippen LogP contribution in [0.4, 0.5) is 18.0 Å². The Morgan fingerprint density at radius 3 is 2.30 bits per heavy atom. The van der Waals surface area contributed by atoms with Crippen LogP contribution in [0.3, 0.4) is 0 Å². The summed E-state index contributed by atoms with van der Waals surface area (Å²) in [5.41, 5.74) is 0.787. The fourth-order valence-electron chi connectivity index (χ4n) is 5.81. The highest BCUT2D eigenvalue weighted by Gasteiger charge is 2.49. The molecule has 2 heterocycles. The maximum absolute atomic E-state index is 14.6. The molecule has 13 heteroatoms. The van der Waals surface area contributed by atoms with Crippen molar-refractivity contribution in [3.8, 4) is 0 Å². The third-order valence-corrected chi connectivity index (χ3v) is 11.7. The summed E-state index contributed by atoms with van der Waals surface area (Å²) >= 11 is -1.54. The van der Waals surface area contributed by atoms with Crippen LogP contribution in [0.2, 0.25) is 0 Å². The van der Waals surface area contributed by atoms with Crippen LogP contribution >= 0.6 is 0 Å². The minimum Gasteiger partial charge on any atom is -0.598 e. The van der Waals surface area contributed by atoms with Crippen molar-refractivity contribution < 1.29 is 35.7 Å². The molecule has 2 saturated heterocycles. The van der Waals surface area contributed by atoms with Crippen LogP contribution in [-0.4, -0.2) is 70.5 Å². The molecule has 4 rings (SSSR count). The van der Waals surface area contributed by atoms with Crippen molar-refractivity contribution in [2.45, 2.75) is 82.4 Å². The first-order valence-electron chi connectivity index (χ1n) is 14.4. The second-order valence-corrected chi connectivity index (χ2v) is 16.4. The van der Waals surface area contributed by atoms with Gasteiger partial charge in [0.15, 0.2) is 11.6 Å². The van der Waals surface area contributed by atoms with Gasteiger partial charge < -0.3 is 14.2 Å². The minimum atomic E-state index is -3.73. The van der Waals surface area contributed by atoms with E-state index in [9.17, 15) is 30.9 Å². The molecule has 2 aromatic rings. The summed E-state index contributed by atoms with van der Waals surface area (Å²) in [6.07, 6.45) is 1.51. The number of amides is 1. The Hall–Kier alpha value is -2.32. The van der Waals surface area contributed by atoms with Crippen molar-refractivity contribution in [3.63, 3.8) is 0 Å². The highest BCUT2D eigenvalue weighted by molar-refractivity contribution is 7.90. The molecule has 3 unspecified atom stereocenters. The number of hydrogen-bond donors (Lipinski definition) is 1. The van der Waals surface area contributed by atoms with E-state index in [0.29, 0.717) is 31.7 Å². The van der Waals surface area contributed by atoms with E-state index in [2.05, 4.69) is 4.72 Å². The minimum absolute atomic E-state index is 0.0302. The normalized spacial score (nSPS) is 22.3. The average molecular weight is 644 g/mol. The highest BCUT2D eigenvalue weighted by Crippen LogP contribution is 2.42. The van der Waals surface area contributed by atoms with Gasteiger partial charge >= 0.3 is 6.09 Å². The van der Waals surface area contributed by atoms with Gasteiger partial charge in [-0.1, -0.05) is 30.3 Å². The quantitative estimate of drug-likeness (QED) is 0.276. The predicted molar refractivity (Wildman–Crippen MR) is 159 cm³/mol. The monoisotopic (exact) mass is 643 g/mol. The smallest absolute Gasteiger partial charge is 0.409 e. The van der Waals surface area contributed by atoms with Crippen molar-refractivity contribution in [2.75, 3.05) is 19.3 Å². The van der Waals surface area contributed by atoms with E-state index in [0.717, 1.165) is 11.6 Å². The van der Waals surface area contributed by atoms with Crippen molar-refractivity contribution in [2.24, 2.45) is 5.92 Å². The molecule has 0 aliphatic carbocycles. The fourth-order valence-corrected chi connectivity index (χ4v) is 8.72. The number of fused-ring (bicyclic) bond motifs is 2. The molecule has 1 amide bonds. The number of piperidine rings is 1. The molecule has 0 spiro atoms. The van der Waals surface area contributed by atoms with Crippen LogP contribution < -0.4 is 4.72 Å². The van der Waals surface area contributed by atoms with Gasteiger partial charge in [-0.25, -0.2) is 26.4 Å². The number of nitrogens with zero attached hydrogens (tertiary/aromatic N) is 2. The predicted octanol–water partition coefficient (Wildman–Crippen LogP) is 4.91. The molecule has 238 valence electrons. The van der Waals surface area contributed by atoms with Gasteiger partial charge in [-0.3, -0.25) is 0 Å². The molecular weight excluding hydrogens is 603 g/mol. The molecule has 2 aromatic carbocycles. The number of benzene rings is 2. The average Bonchev–Trinajstić information content (AvgIpc) is 3.23. The van der Waals surface area contributed by atoms with Gasteiger partial charge in [0.05, 0.1) is 11.8 Å². The van der Waals surface area contributed by atoms with E-state index in [-0.39, 0.29) is 48.9 Å². The van der Waals surface area contributed by atoms with Gasteiger partial charge in [0.25, 0.3) is 0 Å². The molecular formula is C30H40F3N3O5S2. The topological polar surface area (TPSA) is 102 Å². The maximum Gasteiger partial charge on any atom is 0.409 e. The van der Waals surface area contributed by atoms with Crippen molar-refractivity contribution >= 4 is 27.5 Å². The van der Waals surface area contributed by atoms with E-state index in [1.807, 2.05) is 30.3 Å². The zero-order chi connectivity index (χ0) is 31.5. The van der Waals surface area contributed by atoms with Gasteiger partial charge in [-0.05, 0) is 76.0 Å². The Labute approximate surface area is 255 Å². The molecule has 1 N–H and O–H groups in total. The van der Waals surface area contributed by atoms with E-state index in [1.165, 1.54) is 11.9 Å². The lowest BCUT2D eigenvalue weighted by atomic mass is 9.83. The van der Waals surface area contributed by atoms with E-state index in [4.69, 9.17) is 4.74 Å². The van der Waals surface area contributed by atoms with E-state index < -0.39 is 55.7 Å². The number of hydrogen-bond acceptors (Lipinski definition) is 6. The molecule has 2 aliphatic rings. The van der Waals surface area contributed by atoms with Crippen LogP contribution in [0.15, 0.2) is 42.5 Å². The zero-order valence-corrected chi connectivity index (χ0v) is 26.5. The molecule has 0 radical (unpaired) electrons. The standard InChI is InChI=1S/C30H40F3N3O5S2/c1-30(2,3)42(38)34-28(17-21-16-26(32)27(33)18-25(21)31)22-14-23-10-11-24(15-22)36(23)43(39,40)13-12-35(4)29(37)41-19-20-8-6-5-7-9-20/h5-9,16,18,22-24,28,34H,10-15,17,19H2,1-4H3/t22?,23?,24?,28-,42?/m1/s1. The third-order valence-electron chi connectivity index (χ3n) is 8.14. The Balaban J connectivity index is 1.42. The number of ether oxygens (including phenoxy) is 1. The van der Waals surface area contributed by atoms with Crippen LogP contribution in [-0.2, 0) is 39.1 Å². The summed E-state index contributed by atoms with van der Waals surface area (Å²) in [4.78, 5) is 13.7. The Kier molecular flexibility index (Phi) is 10.7. The number of nitrogens with one attached hydrogen (secondary N) is 1. The van der Waals surface area contributed by atoms with Crippen LogP contribution in [0, 0.1) is 23.4 Å². The van der Waals surface area contributed by atoms with E-state index in [1.54, 1.807) is 25.1 Å². The van der Waals surface area contributed by atoms with Gasteiger partial charge in [0, 0.05) is 43.1 Å². The maximum atomic E-state index is 14.6. The molecule has 2 fully saturated rings. The van der Waals surface area contributed by atoms with Crippen LogP contribution in [0.1, 0.15) is 57.6 Å². The van der Waals surface area contributed by atoms with Gasteiger partial charge in [0.2, 0.25) is 10.0 Å². The summed E-state index contributed by atoms with van der Waals surface area (Å²) in [5.74, 6) is -3.78. The zero-order valence-electron chi connectivity index (χ0n) is 24.9. The van der Waals surface area contributed by atoms with E-state index >= 15 is 0 Å². The summed E-state index contributed by atoms with van der Waals surface area (Å²) in [7, 11) is -2.24. The first kappa shape index (κ1) is 33.6. The SMILES string of the molecule is CN(CCS(=O)(=O)N1C2CCC1CC([C@@H](Cc1cc(F)c(F)cc1F)N[S+]([O-])C(C)(C)C)C2)C(=O)OCc1ccccc1. The molecule has 2 bridgehead atoms. The number of sulfonamides is 1. The number of rotatable bonds is 11. The molecule has 8 nitrogen and oxygen atoms in total. The van der Waals surface area contributed by atoms with Gasteiger partial charge in [0.1, 0.15) is 17.2 Å². The lowest BCUT2D eigenvalue weighted by Gasteiger charge is -2.41. The summed E-state index contributed by atoms with van der Waals surface area (Å²) < 4.78 is 91.6. The van der Waals surface area contributed by atoms with Gasteiger partial charge in [-0.2, -0.15) is 4.31 Å². The second-order valence-electron chi connectivity index (χ2n) is 12.4. The fraction of sp³-hybridized carbons (Fsp3) is 0.567. The van der Waals surface area contributed by atoms with Crippen molar-refractivity contribution in [3.05, 3.63) is 71.0 Å². The summed E-state index contributed by atoms with van der Waals surface area (Å²) in [6, 6.07) is 9.33. The Morgan fingerprint density at radius 1 is 1.09 bits per heavy atom.